The minimum absolute atomic E-state index is 0.284. The number of hydrazone groups is 1. The van der Waals surface area contributed by atoms with Gasteiger partial charge in [0.15, 0.2) is 0 Å². The van der Waals surface area contributed by atoms with Crippen molar-refractivity contribution >= 4 is 11.6 Å². The molecule has 0 bridgehead atoms. The molecule has 7 nitrogen and oxygen atoms in total. The summed E-state index contributed by atoms with van der Waals surface area (Å²) in [5.74, 6) is -0.284. The molecule has 0 fully saturated rings. The van der Waals surface area contributed by atoms with Crippen molar-refractivity contribution in [3.63, 3.8) is 0 Å². The Labute approximate surface area is 167 Å². The number of carbonyl (C=O) groups excluding carboxylic acids is 1. The number of nitrogens with zero attached hydrogens (tertiary/aromatic N) is 5. The minimum atomic E-state index is -0.284. The van der Waals surface area contributed by atoms with E-state index in [0.29, 0.717) is 5.56 Å². The van der Waals surface area contributed by atoms with E-state index in [1.165, 1.54) is 11.0 Å². The lowest BCUT2D eigenvalue weighted by Gasteiger charge is -2.06. The first-order chi connectivity index (χ1) is 14.2. The van der Waals surface area contributed by atoms with Crippen molar-refractivity contribution in [3.05, 3.63) is 96.3 Å². The van der Waals surface area contributed by atoms with Gasteiger partial charge in [0, 0.05) is 5.56 Å². The molecule has 1 amide bonds. The second-order valence-electron chi connectivity index (χ2n) is 6.38. The zero-order valence-corrected chi connectivity index (χ0v) is 15.7. The van der Waals surface area contributed by atoms with E-state index >= 15 is 0 Å². The molecular formula is C22H18N6O. The van der Waals surface area contributed by atoms with Crippen LogP contribution in [0, 0.1) is 0 Å². The molecule has 1 N–H and O–H groups in total. The highest BCUT2D eigenvalue weighted by Gasteiger charge is 2.06. The first-order valence-electron chi connectivity index (χ1n) is 9.04. The smallest absolute Gasteiger partial charge is 0.267 e. The maximum Gasteiger partial charge on any atom is 0.271 e. The van der Waals surface area contributed by atoms with E-state index in [2.05, 4.69) is 38.2 Å². The Balaban J connectivity index is 1.42. The fourth-order valence-corrected chi connectivity index (χ4v) is 2.84. The monoisotopic (exact) mass is 382 g/mol. The predicted molar refractivity (Wildman–Crippen MR) is 111 cm³/mol. The summed E-state index contributed by atoms with van der Waals surface area (Å²) in [5, 5.41) is 15.2. The second kappa shape index (κ2) is 8.26. The highest BCUT2D eigenvalue weighted by molar-refractivity contribution is 6.01. The molecule has 0 saturated carbocycles. The van der Waals surface area contributed by atoms with Crippen LogP contribution >= 0.6 is 0 Å². The Morgan fingerprint density at radius 1 is 0.862 bits per heavy atom. The van der Waals surface area contributed by atoms with Crippen LogP contribution in [0.4, 0.5) is 0 Å². The number of hydrogen-bond acceptors (Lipinski definition) is 5. The van der Waals surface area contributed by atoms with Crippen LogP contribution in [0.25, 0.3) is 16.8 Å². The molecule has 142 valence electrons. The van der Waals surface area contributed by atoms with E-state index in [9.17, 15) is 4.79 Å². The minimum Gasteiger partial charge on any atom is -0.267 e. The normalized spacial score (nSPS) is 11.3. The molecule has 0 aliphatic carbocycles. The summed E-state index contributed by atoms with van der Waals surface area (Å²) in [5.41, 5.74) is 7.83. The molecule has 0 radical (unpaired) electrons. The standard InChI is InChI=1S/C22H18N6O/c1-16(17-7-9-19(10-8-17)18-5-3-2-4-6-18)24-25-22(29)20-11-13-21(14-12-20)28-15-23-26-27-28/h2-15H,1H3,(H,25,29)/b24-16-. The average Bonchev–Trinajstić information content (AvgIpc) is 3.33. The van der Waals surface area contributed by atoms with Crippen LogP contribution in [0.3, 0.4) is 0 Å². The van der Waals surface area contributed by atoms with Crippen molar-refractivity contribution in [1.29, 1.82) is 0 Å². The van der Waals surface area contributed by atoms with Crippen LogP contribution in [-0.4, -0.2) is 31.8 Å². The summed E-state index contributed by atoms with van der Waals surface area (Å²) >= 11 is 0. The van der Waals surface area contributed by atoms with Gasteiger partial charge in [-0.2, -0.15) is 5.10 Å². The molecule has 0 saturated heterocycles. The lowest BCUT2D eigenvalue weighted by atomic mass is 10.0. The predicted octanol–water partition coefficient (Wildman–Crippen LogP) is 3.48. The summed E-state index contributed by atoms with van der Waals surface area (Å²) in [4.78, 5) is 12.4. The first kappa shape index (κ1) is 18.2. The Kier molecular flexibility index (Phi) is 5.20. The summed E-state index contributed by atoms with van der Waals surface area (Å²) in [6.07, 6.45) is 1.49. The van der Waals surface area contributed by atoms with Gasteiger partial charge < -0.3 is 0 Å². The van der Waals surface area contributed by atoms with Crippen molar-refractivity contribution < 1.29 is 4.79 Å². The van der Waals surface area contributed by atoms with E-state index in [0.717, 1.165) is 28.1 Å². The van der Waals surface area contributed by atoms with E-state index in [1.807, 2.05) is 49.4 Å². The lowest BCUT2D eigenvalue weighted by molar-refractivity contribution is 0.0955. The summed E-state index contributed by atoms with van der Waals surface area (Å²) in [6.45, 7) is 1.86. The Hall–Kier alpha value is -4.13. The Bertz CT molecular complexity index is 1120. The van der Waals surface area contributed by atoms with Gasteiger partial charge in [-0.1, -0.05) is 54.6 Å². The molecule has 4 aromatic rings. The van der Waals surface area contributed by atoms with Gasteiger partial charge in [-0.05, 0) is 58.3 Å². The molecule has 1 heterocycles. The topological polar surface area (TPSA) is 85.1 Å². The molecule has 0 atom stereocenters. The van der Waals surface area contributed by atoms with Gasteiger partial charge >= 0.3 is 0 Å². The van der Waals surface area contributed by atoms with E-state index < -0.39 is 0 Å². The number of hydrogen-bond donors (Lipinski definition) is 1. The molecule has 4 rings (SSSR count). The van der Waals surface area contributed by atoms with E-state index in [-0.39, 0.29) is 5.91 Å². The summed E-state index contributed by atoms with van der Waals surface area (Å²) in [7, 11) is 0. The van der Waals surface area contributed by atoms with Gasteiger partial charge in [-0.15, -0.1) is 5.10 Å². The van der Waals surface area contributed by atoms with Crippen LogP contribution in [0.5, 0.6) is 0 Å². The zero-order valence-electron chi connectivity index (χ0n) is 15.7. The quantitative estimate of drug-likeness (QED) is 0.423. The Morgan fingerprint density at radius 2 is 1.52 bits per heavy atom. The molecule has 1 aromatic heterocycles. The van der Waals surface area contributed by atoms with Gasteiger partial charge in [0.1, 0.15) is 6.33 Å². The van der Waals surface area contributed by atoms with Crippen molar-refractivity contribution in [3.8, 4) is 16.8 Å². The number of benzene rings is 3. The molecule has 0 spiro atoms. The molecule has 0 aliphatic rings. The number of nitrogens with one attached hydrogen (secondary N) is 1. The number of carbonyl (C=O) groups is 1. The van der Waals surface area contributed by atoms with Gasteiger partial charge in [0.25, 0.3) is 5.91 Å². The van der Waals surface area contributed by atoms with Gasteiger partial charge in [0.2, 0.25) is 0 Å². The largest absolute Gasteiger partial charge is 0.271 e. The third kappa shape index (κ3) is 4.24. The summed E-state index contributed by atoms with van der Waals surface area (Å²) < 4.78 is 1.52. The maximum atomic E-state index is 12.4. The number of tetrazole rings is 1. The first-order valence-corrected chi connectivity index (χ1v) is 9.04. The van der Waals surface area contributed by atoms with Crippen molar-refractivity contribution in [2.45, 2.75) is 6.92 Å². The maximum absolute atomic E-state index is 12.4. The molecule has 0 aliphatic heterocycles. The molecule has 3 aromatic carbocycles. The van der Waals surface area contributed by atoms with Crippen molar-refractivity contribution in [1.82, 2.24) is 25.6 Å². The Morgan fingerprint density at radius 3 is 2.17 bits per heavy atom. The highest BCUT2D eigenvalue weighted by atomic mass is 16.2. The van der Waals surface area contributed by atoms with Crippen LogP contribution in [0.2, 0.25) is 0 Å². The summed E-state index contributed by atoms with van der Waals surface area (Å²) in [6, 6.07) is 25.2. The van der Waals surface area contributed by atoms with Gasteiger partial charge in [0.05, 0.1) is 11.4 Å². The number of aromatic nitrogens is 4. The molecular weight excluding hydrogens is 364 g/mol. The second-order valence-corrected chi connectivity index (χ2v) is 6.38. The van der Waals surface area contributed by atoms with Crippen LogP contribution < -0.4 is 5.43 Å². The number of amides is 1. The molecule has 0 unspecified atom stereocenters. The SMILES string of the molecule is C/C(=N/NC(=O)c1ccc(-n2cnnn2)cc1)c1ccc(-c2ccccc2)cc1. The zero-order chi connectivity index (χ0) is 20.1. The third-order valence-corrected chi connectivity index (χ3v) is 4.48. The van der Waals surface area contributed by atoms with Crippen LogP contribution in [0.1, 0.15) is 22.8 Å². The molecule has 7 heteroatoms. The van der Waals surface area contributed by atoms with Crippen LogP contribution in [0.15, 0.2) is 90.3 Å². The molecule has 29 heavy (non-hydrogen) atoms. The van der Waals surface area contributed by atoms with Gasteiger partial charge in [-0.3, -0.25) is 4.79 Å². The fourth-order valence-electron chi connectivity index (χ4n) is 2.84. The van der Waals surface area contributed by atoms with Gasteiger partial charge in [-0.25, -0.2) is 10.1 Å². The van der Waals surface area contributed by atoms with Crippen molar-refractivity contribution in [2.24, 2.45) is 5.10 Å². The van der Waals surface area contributed by atoms with E-state index in [4.69, 9.17) is 0 Å². The third-order valence-electron chi connectivity index (χ3n) is 4.48. The fraction of sp³-hybridized carbons (Fsp3) is 0.0455. The lowest BCUT2D eigenvalue weighted by Crippen LogP contribution is -2.19. The average molecular weight is 382 g/mol. The van der Waals surface area contributed by atoms with Crippen molar-refractivity contribution in [2.75, 3.05) is 0 Å². The van der Waals surface area contributed by atoms with Crippen LogP contribution in [-0.2, 0) is 0 Å². The van der Waals surface area contributed by atoms with E-state index in [1.54, 1.807) is 24.3 Å². The number of rotatable bonds is 5. The highest BCUT2D eigenvalue weighted by Crippen LogP contribution is 2.19.